The third kappa shape index (κ3) is 4.37. The predicted octanol–water partition coefficient (Wildman–Crippen LogP) is 5.32. The molecule has 2 unspecified atom stereocenters. The van der Waals surface area contributed by atoms with Crippen LogP contribution < -0.4 is 0 Å². The van der Waals surface area contributed by atoms with Gasteiger partial charge in [0.2, 0.25) is 0 Å². The van der Waals surface area contributed by atoms with Crippen LogP contribution in [0.5, 0.6) is 0 Å². The summed E-state index contributed by atoms with van der Waals surface area (Å²) in [6.45, 7) is 6.03. The van der Waals surface area contributed by atoms with E-state index in [0.29, 0.717) is 9.92 Å². The minimum Gasteiger partial charge on any atom is -0.308 e. The van der Waals surface area contributed by atoms with Gasteiger partial charge >= 0.3 is 7.60 Å². The molecule has 1 aliphatic rings. The highest BCUT2D eigenvalue weighted by Gasteiger charge is 2.64. The molecule has 1 saturated heterocycles. The van der Waals surface area contributed by atoms with E-state index < -0.39 is 24.4 Å². The first-order valence-corrected chi connectivity index (χ1v) is 11.9. The number of benzene rings is 2. The van der Waals surface area contributed by atoms with Crippen LogP contribution in [0.15, 0.2) is 53.4 Å². The molecule has 0 saturated carbocycles. The zero-order valence-corrected chi connectivity index (χ0v) is 18.0. The van der Waals surface area contributed by atoms with E-state index in [0.717, 1.165) is 11.1 Å². The summed E-state index contributed by atoms with van der Waals surface area (Å²) < 4.78 is 39.4. The number of rotatable bonds is 8. The molecule has 0 spiro atoms. The average molecular weight is 428 g/mol. The molecule has 2 aromatic rings. The van der Waals surface area contributed by atoms with Gasteiger partial charge in [-0.1, -0.05) is 41.4 Å². The van der Waals surface area contributed by atoms with Crippen molar-refractivity contribution in [2.24, 2.45) is 0 Å². The number of hydrogen-bond donors (Lipinski definition) is 0. The number of halogens is 1. The molecule has 1 fully saturated rings. The Bertz CT molecular complexity index is 849. The van der Waals surface area contributed by atoms with Crippen LogP contribution >= 0.6 is 19.2 Å². The highest BCUT2D eigenvalue weighted by Crippen LogP contribution is 2.68. The topological polar surface area (TPSA) is 55.6 Å². The van der Waals surface area contributed by atoms with Crippen molar-refractivity contribution in [1.82, 2.24) is 4.31 Å². The summed E-state index contributed by atoms with van der Waals surface area (Å²) in [4.78, 5) is 0.654. The summed E-state index contributed by atoms with van der Waals surface area (Å²) in [6.07, 6.45) is 0. The fraction of sp³-hybridized carbons (Fsp3) is 0.368. The quantitative estimate of drug-likeness (QED) is 0.422. The van der Waals surface area contributed by atoms with E-state index in [1.54, 1.807) is 30.3 Å². The lowest BCUT2D eigenvalue weighted by Crippen LogP contribution is -2.10. The van der Waals surface area contributed by atoms with Crippen LogP contribution in [0.1, 0.15) is 31.0 Å². The standard InChI is InChI=1S/C19H23ClNO4PS/c1-4-24-26(22,25-5-2)19-18(15-8-10-16(20)11-9-15)21(19)27(23)17-12-6-14(3)7-13-17/h6-13,18-19H,4-5H2,1-3H3/t18-,19+,21?,27?/m1/s1. The fourth-order valence-corrected chi connectivity index (χ4v) is 7.26. The van der Waals surface area contributed by atoms with Crippen LogP contribution in [0.25, 0.3) is 0 Å². The van der Waals surface area contributed by atoms with E-state index in [4.69, 9.17) is 20.6 Å². The van der Waals surface area contributed by atoms with Crippen molar-refractivity contribution >= 4 is 30.2 Å². The van der Waals surface area contributed by atoms with Crippen molar-refractivity contribution in [3.05, 3.63) is 64.7 Å². The molecule has 0 amide bonds. The highest BCUT2D eigenvalue weighted by atomic mass is 35.5. The highest BCUT2D eigenvalue weighted by molar-refractivity contribution is 7.83. The third-order valence-electron chi connectivity index (χ3n) is 4.30. The van der Waals surface area contributed by atoms with Crippen molar-refractivity contribution in [1.29, 1.82) is 0 Å². The lowest BCUT2D eigenvalue weighted by molar-refractivity contribution is 0.216. The van der Waals surface area contributed by atoms with Gasteiger partial charge in [-0.2, -0.15) is 4.31 Å². The molecule has 27 heavy (non-hydrogen) atoms. The van der Waals surface area contributed by atoms with Crippen LogP contribution in [0.4, 0.5) is 0 Å². The molecule has 4 atom stereocenters. The van der Waals surface area contributed by atoms with Crippen molar-refractivity contribution < 1.29 is 17.8 Å². The van der Waals surface area contributed by atoms with Gasteiger partial charge in [-0.15, -0.1) is 0 Å². The van der Waals surface area contributed by atoms with Gasteiger partial charge in [0, 0.05) is 5.02 Å². The lowest BCUT2D eigenvalue weighted by atomic mass is 10.2. The molecule has 146 valence electrons. The Morgan fingerprint density at radius 2 is 1.59 bits per heavy atom. The zero-order chi connectivity index (χ0) is 19.6. The van der Waals surface area contributed by atoms with Gasteiger partial charge in [0.05, 0.1) is 24.2 Å². The first kappa shape index (κ1) is 20.7. The van der Waals surface area contributed by atoms with Gasteiger partial charge in [-0.25, -0.2) is 4.21 Å². The number of nitrogens with zero attached hydrogens (tertiary/aromatic N) is 1. The van der Waals surface area contributed by atoms with Crippen molar-refractivity contribution in [3.63, 3.8) is 0 Å². The average Bonchev–Trinajstić information content (AvgIpc) is 3.39. The Hall–Kier alpha value is -1.01. The summed E-state index contributed by atoms with van der Waals surface area (Å²) in [7, 11) is -4.94. The van der Waals surface area contributed by atoms with E-state index in [1.807, 2.05) is 43.3 Å². The maximum absolute atomic E-state index is 13.4. The normalized spacial score (nSPS) is 23.2. The monoisotopic (exact) mass is 427 g/mol. The van der Waals surface area contributed by atoms with Crippen LogP contribution in [-0.4, -0.2) is 27.5 Å². The van der Waals surface area contributed by atoms with Crippen molar-refractivity contribution in [2.45, 2.75) is 37.5 Å². The maximum Gasteiger partial charge on any atom is 0.350 e. The SMILES string of the molecule is CCOP(=O)(OCC)[C@H]1[C@@H](c2ccc(Cl)cc2)N1S(=O)c1ccc(C)cc1. The van der Waals surface area contributed by atoms with Gasteiger partial charge in [-0.05, 0) is 50.6 Å². The fourth-order valence-electron chi connectivity index (χ4n) is 3.02. The van der Waals surface area contributed by atoms with Crippen LogP contribution in [0, 0.1) is 6.92 Å². The minimum absolute atomic E-state index is 0.256. The predicted molar refractivity (Wildman–Crippen MR) is 108 cm³/mol. The second kappa shape index (κ2) is 8.56. The van der Waals surface area contributed by atoms with Gasteiger partial charge in [0.25, 0.3) is 0 Å². The molecule has 5 nitrogen and oxygen atoms in total. The van der Waals surface area contributed by atoms with E-state index in [-0.39, 0.29) is 19.3 Å². The summed E-state index contributed by atoms with van der Waals surface area (Å²) >= 11 is 5.99. The largest absolute Gasteiger partial charge is 0.350 e. The molecular formula is C19H23ClNO4PS. The molecule has 8 heteroatoms. The van der Waals surface area contributed by atoms with Crippen LogP contribution in [0.2, 0.25) is 5.02 Å². The van der Waals surface area contributed by atoms with E-state index >= 15 is 0 Å². The first-order valence-electron chi connectivity index (χ1n) is 8.82. The number of aryl methyl sites for hydroxylation is 1. The van der Waals surface area contributed by atoms with Gasteiger partial charge in [-0.3, -0.25) is 4.57 Å². The minimum atomic E-state index is -3.45. The van der Waals surface area contributed by atoms with Gasteiger partial charge in [0.1, 0.15) is 16.8 Å². The second-order valence-electron chi connectivity index (χ2n) is 6.21. The molecule has 3 rings (SSSR count). The smallest absolute Gasteiger partial charge is 0.308 e. The van der Waals surface area contributed by atoms with E-state index in [9.17, 15) is 8.77 Å². The Kier molecular flexibility index (Phi) is 6.57. The molecule has 0 aromatic heterocycles. The Morgan fingerprint density at radius 1 is 1.04 bits per heavy atom. The van der Waals surface area contributed by atoms with E-state index in [2.05, 4.69) is 0 Å². The van der Waals surface area contributed by atoms with E-state index in [1.165, 1.54) is 0 Å². The summed E-state index contributed by atoms with van der Waals surface area (Å²) in [5.74, 6) is -0.597. The summed E-state index contributed by atoms with van der Waals surface area (Å²) in [6, 6.07) is 14.4. The molecule has 0 aliphatic carbocycles. The Labute approximate surface area is 167 Å². The molecule has 0 radical (unpaired) electrons. The first-order chi connectivity index (χ1) is 12.9. The molecule has 2 aromatic carbocycles. The van der Waals surface area contributed by atoms with Crippen LogP contribution in [-0.2, 0) is 24.6 Å². The second-order valence-corrected chi connectivity index (χ2v) is 10.2. The Balaban J connectivity index is 1.97. The lowest BCUT2D eigenvalue weighted by Gasteiger charge is -2.16. The molecule has 1 aliphatic heterocycles. The molecule has 1 heterocycles. The van der Waals surface area contributed by atoms with Crippen molar-refractivity contribution in [2.75, 3.05) is 13.2 Å². The summed E-state index contributed by atoms with van der Waals surface area (Å²) in [5, 5.41) is 0.611. The maximum atomic E-state index is 13.4. The Morgan fingerprint density at radius 3 is 2.11 bits per heavy atom. The molecule has 0 bridgehead atoms. The number of hydrogen-bond acceptors (Lipinski definition) is 4. The molecule has 0 N–H and O–H groups in total. The third-order valence-corrected chi connectivity index (χ3v) is 8.63. The summed E-state index contributed by atoms with van der Waals surface area (Å²) in [5.41, 5.74) is 1.96. The van der Waals surface area contributed by atoms with Gasteiger partial charge in [0.15, 0.2) is 0 Å². The van der Waals surface area contributed by atoms with Gasteiger partial charge < -0.3 is 9.05 Å². The molecular weight excluding hydrogens is 405 g/mol. The van der Waals surface area contributed by atoms with Crippen molar-refractivity contribution in [3.8, 4) is 0 Å². The van der Waals surface area contributed by atoms with Crippen LogP contribution in [0.3, 0.4) is 0 Å². The zero-order valence-electron chi connectivity index (χ0n) is 15.5.